The number of halogens is 1. The second-order valence-corrected chi connectivity index (χ2v) is 6.43. The van der Waals surface area contributed by atoms with E-state index in [1.165, 1.54) is 24.3 Å². The average molecular weight is 361 g/mol. The Morgan fingerprint density at radius 1 is 1.16 bits per heavy atom. The van der Waals surface area contributed by atoms with Crippen LogP contribution in [0.1, 0.15) is 16.8 Å². The zero-order valence-corrected chi connectivity index (χ0v) is 14.1. The van der Waals surface area contributed by atoms with Crippen LogP contribution in [0.2, 0.25) is 0 Å². The summed E-state index contributed by atoms with van der Waals surface area (Å²) < 4.78 is 23.3. The molecule has 1 aliphatic rings. The molecule has 1 N–H and O–H groups in total. The lowest BCUT2D eigenvalue weighted by Gasteiger charge is -2.10. The summed E-state index contributed by atoms with van der Waals surface area (Å²) in [5, 5.41) is 2.79. The zero-order chi connectivity index (χ0) is 17.6. The second-order valence-electron chi connectivity index (χ2n) is 5.30. The molecule has 0 radical (unpaired) electrons. The van der Waals surface area contributed by atoms with Crippen LogP contribution in [0.25, 0.3) is 0 Å². The fraction of sp³-hybridized carbons (Fsp3) is 0.222. The summed E-state index contributed by atoms with van der Waals surface area (Å²) in [6.45, 7) is 0.226. The summed E-state index contributed by atoms with van der Waals surface area (Å²) in [6, 6.07) is 10.7. The van der Waals surface area contributed by atoms with Crippen LogP contribution in [-0.4, -0.2) is 30.8 Å². The molecule has 25 heavy (non-hydrogen) atoms. The second kappa shape index (κ2) is 8.02. The fourth-order valence-electron chi connectivity index (χ4n) is 2.25. The van der Waals surface area contributed by atoms with Crippen molar-refractivity contribution in [2.75, 3.05) is 24.3 Å². The smallest absolute Gasteiger partial charge is 0.338 e. The number of esters is 1. The maximum absolute atomic E-state index is 12.8. The van der Waals surface area contributed by atoms with E-state index >= 15 is 0 Å². The van der Waals surface area contributed by atoms with Crippen LogP contribution in [0.3, 0.4) is 0 Å². The van der Waals surface area contributed by atoms with Gasteiger partial charge < -0.3 is 14.8 Å². The average Bonchev–Trinajstić information content (AvgIpc) is 2.79. The molecule has 0 fully saturated rings. The van der Waals surface area contributed by atoms with Gasteiger partial charge in [0.15, 0.2) is 0 Å². The van der Waals surface area contributed by atoms with Crippen molar-refractivity contribution in [2.24, 2.45) is 0 Å². The van der Waals surface area contributed by atoms with Gasteiger partial charge in [0.1, 0.15) is 24.8 Å². The molecule has 0 bridgehead atoms. The number of rotatable bonds is 5. The number of carbonyl (C=O) groups excluding carboxylic acids is 2. The Balaban J connectivity index is 1.53. The van der Waals surface area contributed by atoms with Gasteiger partial charge in [0.05, 0.1) is 11.3 Å². The third-order valence-electron chi connectivity index (χ3n) is 3.47. The van der Waals surface area contributed by atoms with Gasteiger partial charge >= 0.3 is 5.97 Å². The molecule has 2 aromatic rings. The van der Waals surface area contributed by atoms with Gasteiger partial charge in [0, 0.05) is 17.1 Å². The van der Waals surface area contributed by atoms with Gasteiger partial charge in [-0.2, -0.15) is 0 Å². The molecule has 0 atom stereocenters. The van der Waals surface area contributed by atoms with Crippen molar-refractivity contribution in [2.45, 2.75) is 11.3 Å². The molecule has 0 aromatic heterocycles. The minimum absolute atomic E-state index is 0.0639. The van der Waals surface area contributed by atoms with Crippen LogP contribution in [0.5, 0.6) is 5.75 Å². The third-order valence-corrected chi connectivity index (χ3v) is 4.55. The topological polar surface area (TPSA) is 64.6 Å². The minimum atomic E-state index is -0.492. The van der Waals surface area contributed by atoms with E-state index in [4.69, 9.17) is 9.47 Å². The highest BCUT2D eigenvalue weighted by Crippen LogP contribution is 2.31. The molecule has 0 saturated heterocycles. The minimum Gasteiger partial charge on any atom is -0.490 e. The quantitative estimate of drug-likeness (QED) is 0.652. The molecule has 0 spiro atoms. The number of nitrogens with one attached hydrogen (secondary N) is 1. The molecule has 0 saturated carbocycles. The summed E-state index contributed by atoms with van der Waals surface area (Å²) in [5.41, 5.74) is 0.993. The van der Waals surface area contributed by atoms with Crippen molar-refractivity contribution in [3.63, 3.8) is 0 Å². The van der Waals surface area contributed by atoms with Crippen LogP contribution in [0.15, 0.2) is 47.4 Å². The molecule has 0 unspecified atom stereocenters. The van der Waals surface area contributed by atoms with Gasteiger partial charge in [-0.25, -0.2) is 9.18 Å². The van der Waals surface area contributed by atoms with E-state index in [1.54, 1.807) is 30.0 Å². The molecular weight excluding hydrogens is 345 g/mol. The fourth-order valence-corrected chi connectivity index (χ4v) is 3.19. The third kappa shape index (κ3) is 4.73. The van der Waals surface area contributed by atoms with Crippen molar-refractivity contribution < 1.29 is 23.5 Å². The molecule has 2 aromatic carbocycles. The number of hydrogen-bond donors (Lipinski definition) is 1. The molecule has 3 rings (SSSR count). The zero-order valence-electron chi connectivity index (χ0n) is 13.3. The lowest BCUT2D eigenvalue weighted by atomic mass is 10.2. The van der Waals surface area contributed by atoms with Crippen molar-refractivity contribution in [1.29, 1.82) is 0 Å². The van der Waals surface area contributed by atoms with E-state index in [-0.39, 0.29) is 24.9 Å². The van der Waals surface area contributed by atoms with Crippen molar-refractivity contribution in [3.8, 4) is 5.75 Å². The molecule has 1 aliphatic heterocycles. The van der Waals surface area contributed by atoms with E-state index in [1.807, 2.05) is 0 Å². The van der Waals surface area contributed by atoms with E-state index in [2.05, 4.69) is 5.32 Å². The van der Waals surface area contributed by atoms with Crippen LogP contribution in [-0.2, 0) is 9.53 Å². The Morgan fingerprint density at radius 3 is 2.76 bits per heavy atom. The highest BCUT2D eigenvalue weighted by molar-refractivity contribution is 7.99. The lowest BCUT2D eigenvalue weighted by Crippen LogP contribution is -2.14. The highest BCUT2D eigenvalue weighted by Gasteiger charge is 2.16. The predicted molar refractivity (Wildman–Crippen MR) is 92.6 cm³/mol. The Bertz CT molecular complexity index is 779. The lowest BCUT2D eigenvalue weighted by molar-refractivity contribution is -0.115. The van der Waals surface area contributed by atoms with E-state index in [0.29, 0.717) is 29.2 Å². The maximum Gasteiger partial charge on any atom is 0.338 e. The predicted octanol–water partition coefficient (Wildman–Crippen LogP) is 3.50. The highest BCUT2D eigenvalue weighted by atomic mass is 32.2. The van der Waals surface area contributed by atoms with Gasteiger partial charge in [-0.05, 0) is 42.5 Å². The van der Waals surface area contributed by atoms with Gasteiger partial charge in [0.2, 0.25) is 5.91 Å². The van der Waals surface area contributed by atoms with Crippen LogP contribution < -0.4 is 10.1 Å². The molecule has 7 heteroatoms. The number of hydrogen-bond acceptors (Lipinski definition) is 5. The number of fused-ring (bicyclic) bond motifs is 1. The van der Waals surface area contributed by atoms with E-state index in [9.17, 15) is 14.0 Å². The van der Waals surface area contributed by atoms with Crippen molar-refractivity contribution in [1.82, 2.24) is 0 Å². The summed E-state index contributed by atoms with van der Waals surface area (Å²) >= 11 is 1.57. The van der Waals surface area contributed by atoms with Gasteiger partial charge in [-0.3, -0.25) is 4.79 Å². The largest absolute Gasteiger partial charge is 0.490 e. The van der Waals surface area contributed by atoms with Crippen molar-refractivity contribution in [3.05, 3.63) is 53.8 Å². The molecular formula is C18H16FNO4S. The number of thioether (sulfide) groups is 1. The summed E-state index contributed by atoms with van der Waals surface area (Å²) in [4.78, 5) is 24.7. The Labute approximate surface area is 148 Å². The first-order chi connectivity index (χ1) is 12.1. The Morgan fingerprint density at radius 2 is 1.96 bits per heavy atom. The number of amides is 1. The molecule has 1 heterocycles. The van der Waals surface area contributed by atoms with Gasteiger partial charge in [-0.1, -0.05) is 0 Å². The summed E-state index contributed by atoms with van der Waals surface area (Å²) in [5.74, 6) is 0.316. The first-order valence-electron chi connectivity index (χ1n) is 7.74. The number of anilines is 1. The molecule has 0 aliphatic carbocycles. The van der Waals surface area contributed by atoms with Crippen molar-refractivity contribution >= 4 is 29.3 Å². The van der Waals surface area contributed by atoms with Gasteiger partial charge in [-0.15, -0.1) is 11.8 Å². The molecule has 130 valence electrons. The van der Waals surface area contributed by atoms with E-state index < -0.39 is 5.97 Å². The first kappa shape index (κ1) is 17.3. The van der Waals surface area contributed by atoms with E-state index in [0.717, 1.165) is 4.90 Å². The van der Waals surface area contributed by atoms with Crippen LogP contribution >= 0.6 is 11.8 Å². The number of carbonyl (C=O) groups is 2. The Hall–Kier alpha value is -2.54. The normalized spacial score (nSPS) is 13.4. The van der Waals surface area contributed by atoms with Crippen LogP contribution in [0, 0.1) is 5.82 Å². The van der Waals surface area contributed by atoms with Gasteiger partial charge in [0.25, 0.3) is 0 Å². The number of ether oxygens (including phenoxy) is 2. The number of benzene rings is 2. The summed E-state index contributed by atoms with van der Waals surface area (Å²) in [6.07, 6.45) is 0.444. The summed E-state index contributed by atoms with van der Waals surface area (Å²) in [7, 11) is 0. The SMILES string of the molecule is O=C1CCSc2ccc(C(=O)OCCOc3ccc(F)cc3)cc2N1. The maximum atomic E-state index is 12.8. The molecule has 1 amide bonds. The standard InChI is InChI=1S/C18H16FNO4S/c19-13-2-4-14(5-3-13)23-8-9-24-18(22)12-1-6-16-15(11-12)20-17(21)7-10-25-16/h1-6,11H,7-10H2,(H,20,21). The van der Waals surface area contributed by atoms with Crippen LogP contribution in [0.4, 0.5) is 10.1 Å². The Kier molecular flexibility index (Phi) is 5.55. The first-order valence-corrected chi connectivity index (χ1v) is 8.72. The monoisotopic (exact) mass is 361 g/mol. The molecule has 5 nitrogen and oxygen atoms in total.